The first-order valence-corrected chi connectivity index (χ1v) is 7.18. The summed E-state index contributed by atoms with van der Waals surface area (Å²) < 4.78 is 4.36. The zero-order chi connectivity index (χ0) is 12.3. The molecular formula is C12H21N3OS. The van der Waals surface area contributed by atoms with Gasteiger partial charge in [0.15, 0.2) is 0 Å². The second-order valence-electron chi connectivity index (χ2n) is 4.95. The van der Waals surface area contributed by atoms with Crippen LogP contribution in [0.25, 0.3) is 0 Å². The van der Waals surface area contributed by atoms with Crippen molar-refractivity contribution < 1.29 is 5.11 Å². The minimum atomic E-state index is -0.0224. The summed E-state index contributed by atoms with van der Waals surface area (Å²) in [7, 11) is 0. The second-order valence-corrected chi connectivity index (χ2v) is 5.70. The summed E-state index contributed by atoms with van der Waals surface area (Å²) in [5, 5.41) is 13.7. The van der Waals surface area contributed by atoms with Gasteiger partial charge in [0.25, 0.3) is 0 Å². The van der Waals surface area contributed by atoms with Gasteiger partial charge in [-0.25, -0.2) is 4.98 Å². The van der Waals surface area contributed by atoms with Crippen molar-refractivity contribution in [1.82, 2.24) is 9.36 Å². The van der Waals surface area contributed by atoms with E-state index in [1.165, 1.54) is 24.4 Å². The molecule has 1 aromatic heterocycles. The van der Waals surface area contributed by atoms with E-state index in [-0.39, 0.29) is 12.0 Å². The Labute approximate surface area is 107 Å². The Morgan fingerprint density at radius 3 is 2.65 bits per heavy atom. The number of aliphatic hydroxyl groups is 1. The minimum Gasteiger partial charge on any atom is -0.396 e. The lowest BCUT2D eigenvalue weighted by Crippen LogP contribution is -2.32. The summed E-state index contributed by atoms with van der Waals surface area (Å²) in [6.45, 7) is 5.24. The van der Waals surface area contributed by atoms with Gasteiger partial charge >= 0.3 is 0 Å². The molecule has 2 rings (SSSR count). The molecule has 0 atom stereocenters. The van der Waals surface area contributed by atoms with Crippen molar-refractivity contribution in [1.29, 1.82) is 0 Å². The van der Waals surface area contributed by atoms with E-state index in [9.17, 15) is 5.11 Å². The highest BCUT2D eigenvalue weighted by molar-refractivity contribution is 7.09. The third kappa shape index (κ3) is 2.96. The van der Waals surface area contributed by atoms with Gasteiger partial charge in [-0.1, -0.05) is 13.8 Å². The van der Waals surface area contributed by atoms with Crippen LogP contribution in [0.1, 0.15) is 51.3 Å². The molecule has 4 nitrogen and oxygen atoms in total. The van der Waals surface area contributed by atoms with Gasteiger partial charge in [-0.3, -0.25) is 0 Å². The van der Waals surface area contributed by atoms with Gasteiger partial charge < -0.3 is 10.4 Å². The van der Waals surface area contributed by atoms with Crippen molar-refractivity contribution in [2.75, 3.05) is 18.5 Å². The predicted molar refractivity (Wildman–Crippen MR) is 70.5 cm³/mol. The average molecular weight is 255 g/mol. The number of nitrogens with zero attached hydrogens (tertiary/aromatic N) is 2. The molecule has 1 heterocycles. The topological polar surface area (TPSA) is 58.0 Å². The van der Waals surface area contributed by atoms with Crippen molar-refractivity contribution in [2.45, 2.75) is 45.4 Å². The fraction of sp³-hybridized carbons (Fsp3) is 0.833. The lowest BCUT2D eigenvalue weighted by molar-refractivity contribution is 0.127. The largest absolute Gasteiger partial charge is 0.396 e. The second kappa shape index (κ2) is 5.31. The quantitative estimate of drug-likeness (QED) is 0.786. The van der Waals surface area contributed by atoms with Crippen LogP contribution in [0.5, 0.6) is 0 Å². The van der Waals surface area contributed by atoms with Gasteiger partial charge in [-0.05, 0) is 25.7 Å². The Bertz CT molecular complexity index is 350. The normalized spacial score (nSPS) is 16.2. The van der Waals surface area contributed by atoms with Crippen molar-refractivity contribution in [3.63, 3.8) is 0 Å². The summed E-state index contributed by atoms with van der Waals surface area (Å²) in [6.07, 6.45) is 4.42. The molecular weight excluding hydrogens is 234 g/mol. The zero-order valence-electron chi connectivity index (χ0n) is 10.6. The third-order valence-electron chi connectivity index (χ3n) is 3.83. The summed E-state index contributed by atoms with van der Waals surface area (Å²) in [4.78, 5) is 4.49. The van der Waals surface area contributed by atoms with E-state index in [2.05, 4.69) is 28.5 Å². The van der Waals surface area contributed by atoms with Gasteiger partial charge in [0.2, 0.25) is 5.13 Å². The number of aliphatic hydroxyl groups excluding tert-OH is 1. The number of nitrogens with one attached hydrogen (secondary N) is 1. The molecule has 0 aliphatic heterocycles. The molecule has 0 unspecified atom stereocenters. The minimum absolute atomic E-state index is 0.0224. The predicted octanol–water partition coefficient (Wildman–Crippen LogP) is 2.63. The first kappa shape index (κ1) is 12.8. The van der Waals surface area contributed by atoms with Crippen molar-refractivity contribution in [3.8, 4) is 0 Å². The molecule has 96 valence electrons. The maximum absolute atomic E-state index is 9.49. The third-order valence-corrected chi connectivity index (χ3v) is 4.52. The lowest BCUT2D eigenvalue weighted by atomic mass is 9.83. The first-order valence-electron chi connectivity index (χ1n) is 6.41. The SMILES string of the molecule is CCC(CC)(CO)CNc1nc(C2CC2)ns1. The highest BCUT2D eigenvalue weighted by atomic mass is 32.1. The van der Waals surface area contributed by atoms with Crippen LogP contribution in [0.2, 0.25) is 0 Å². The molecule has 17 heavy (non-hydrogen) atoms. The van der Waals surface area contributed by atoms with Crippen molar-refractivity contribution in [2.24, 2.45) is 5.41 Å². The summed E-state index contributed by atoms with van der Waals surface area (Å²) in [5.74, 6) is 1.61. The molecule has 0 bridgehead atoms. The van der Waals surface area contributed by atoms with Gasteiger partial charge in [0.1, 0.15) is 5.82 Å². The number of hydrogen-bond donors (Lipinski definition) is 2. The molecule has 1 aliphatic carbocycles. The van der Waals surface area contributed by atoms with E-state index in [1.807, 2.05) is 0 Å². The highest BCUT2D eigenvalue weighted by Crippen LogP contribution is 2.39. The number of anilines is 1. The van der Waals surface area contributed by atoms with Crippen LogP contribution in [-0.2, 0) is 0 Å². The van der Waals surface area contributed by atoms with Crippen LogP contribution < -0.4 is 5.32 Å². The van der Waals surface area contributed by atoms with E-state index < -0.39 is 0 Å². The molecule has 0 amide bonds. The fourth-order valence-electron chi connectivity index (χ4n) is 1.86. The van der Waals surface area contributed by atoms with Gasteiger partial charge in [-0.2, -0.15) is 4.37 Å². The van der Waals surface area contributed by atoms with Crippen LogP contribution in [0.3, 0.4) is 0 Å². The van der Waals surface area contributed by atoms with Crippen molar-refractivity contribution >= 4 is 16.7 Å². The van der Waals surface area contributed by atoms with E-state index in [1.54, 1.807) is 0 Å². The average Bonchev–Trinajstić information content (AvgIpc) is 3.12. The van der Waals surface area contributed by atoms with Crippen molar-refractivity contribution in [3.05, 3.63) is 5.82 Å². The Kier molecular flexibility index (Phi) is 3.99. The summed E-state index contributed by atoms with van der Waals surface area (Å²) >= 11 is 1.44. The Balaban J connectivity index is 1.91. The molecule has 2 N–H and O–H groups in total. The van der Waals surface area contributed by atoms with Crippen LogP contribution in [-0.4, -0.2) is 27.6 Å². The van der Waals surface area contributed by atoms with Gasteiger partial charge in [-0.15, -0.1) is 0 Å². The van der Waals surface area contributed by atoms with E-state index in [0.717, 1.165) is 30.3 Å². The van der Waals surface area contributed by atoms with E-state index in [4.69, 9.17) is 0 Å². The van der Waals surface area contributed by atoms with Crippen LogP contribution in [0.15, 0.2) is 0 Å². The molecule has 1 aromatic rings. The number of rotatable bonds is 7. The molecule has 1 aliphatic rings. The summed E-state index contributed by atoms with van der Waals surface area (Å²) in [5.41, 5.74) is -0.0224. The standard InChI is InChI=1S/C12H21N3OS/c1-3-12(4-2,8-16)7-13-11-14-10(15-17-11)9-5-6-9/h9,16H,3-8H2,1-2H3,(H,13,14,15). The van der Waals surface area contributed by atoms with Crippen LogP contribution >= 0.6 is 11.5 Å². The fourth-order valence-corrected chi connectivity index (χ4v) is 2.50. The van der Waals surface area contributed by atoms with Gasteiger partial charge in [0, 0.05) is 29.4 Å². The van der Waals surface area contributed by atoms with Crippen LogP contribution in [0.4, 0.5) is 5.13 Å². The summed E-state index contributed by atoms with van der Waals surface area (Å²) in [6, 6.07) is 0. The maximum Gasteiger partial charge on any atom is 0.202 e. The Morgan fingerprint density at radius 2 is 2.12 bits per heavy atom. The maximum atomic E-state index is 9.49. The lowest BCUT2D eigenvalue weighted by Gasteiger charge is -2.29. The number of hydrogen-bond acceptors (Lipinski definition) is 5. The zero-order valence-corrected chi connectivity index (χ0v) is 11.4. The smallest absolute Gasteiger partial charge is 0.202 e. The molecule has 0 aromatic carbocycles. The Morgan fingerprint density at radius 1 is 1.41 bits per heavy atom. The van der Waals surface area contributed by atoms with Gasteiger partial charge in [0.05, 0.1) is 6.61 Å². The van der Waals surface area contributed by atoms with E-state index in [0.29, 0.717) is 5.92 Å². The Hall–Kier alpha value is -0.680. The molecule has 1 fully saturated rings. The highest BCUT2D eigenvalue weighted by Gasteiger charge is 2.29. The molecule has 0 radical (unpaired) electrons. The monoisotopic (exact) mass is 255 g/mol. The molecule has 0 saturated heterocycles. The first-order chi connectivity index (χ1) is 8.23. The number of aromatic nitrogens is 2. The van der Waals surface area contributed by atoms with E-state index >= 15 is 0 Å². The molecule has 5 heteroatoms. The van der Waals surface area contributed by atoms with Crippen LogP contribution in [0, 0.1) is 5.41 Å². The molecule has 1 saturated carbocycles. The molecule has 0 spiro atoms.